The Morgan fingerprint density at radius 3 is 1.42 bits per heavy atom. The van der Waals surface area contributed by atoms with Crippen LogP contribution < -0.4 is 0 Å². The Bertz CT molecular complexity index is 1190. The molecule has 0 aliphatic carbocycles. The van der Waals surface area contributed by atoms with Gasteiger partial charge in [-0.1, -0.05) is 184 Å². The van der Waals surface area contributed by atoms with Gasteiger partial charge in [-0.3, -0.25) is 18.6 Å². The molecule has 0 spiro atoms. The Hall–Kier alpha value is -2.29. The van der Waals surface area contributed by atoms with Gasteiger partial charge in [0.05, 0.1) is 27.7 Å². The monoisotopic (exact) mass is 851 g/mol. The van der Waals surface area contributed by atoms with Crippen LogP contribution in [0.3, 0.4) is 0 Å². The van der Waals surface area contributed by atoms with Gasteiger partial charge >= 0.3 is 19.8 Å². The quantitative estimate of drug-likeness (QED) is 0.0213. The number of rotatable bonds is 42. The van der Waals surface area contributed by atoms with E-state index in [1.807, 2.05) is 21.1 Å². The van der Waals surface area contributed by atoms with Crippen molar-refractivity contribution in [2.75, 3.05) is 47.5 Å². The van der Waals surface area contributed by atoms with Crippen LogP contribution in [0.1, 0.15) is 187 Å². The molecular weight excluding hydrogens is 762 g/mol. The number of unbranched alkanes of at least 4 members (excludes halogenated alkanes) is 18. The van der Waals surface area contributed by atoms with E-state index in [9.17, 15) is 19.0 Å². The second-order valence-electron chi connectivity index (χ2n) is 16.8. The molecule has 59 heavy (non-hydrogen) atoms. The summed E-state index contributed by atoms with van der Waals surface area (Å²) in [6.45, 7) is 4.25. The molecule has 0 radical (unpaired) electrons. The van der Waals surface area contributed by atoms with E-state index in [1.165, 1.54) is 96.3 Å². The fourth-order valence-electron chi connectivity index (χ4n) is 6.17. The lowest BCUT2D eigenvalue weighted by molar-refractivity contribution is -0.870. The molecule has 0 bridgehead atoms. The standard InChI is InChI=1S/C49H88NO8P/c1-6-8-10-12-14-16-18-20-22-24-26-28-30-32-34-36-38-40-42-49(52)58-47(46-57-59(53,54)56-44-43-50(3,4)5)45-55-48(51)41-39-37-35-33-31-29-27-25-23-21-19-17-15-13-11-9-7-2/h9,11,15,17,21,23,27,29,33,35,47H,6-8,10,12-14,16,18-20,22,24-26,28,30-32,34,36-46H2,1-5H3/p+1/b11-9+,17-15+,23-21+,29-27+,35-33+/t47-/m1/s1. The van der Waals surface area contributed by atoms with Crippen LogP contribution in [-0.2, 0) is 32.7 Å². The maximum Gasteiger partial charge on any atom is 0.472 e. The second-order valence-corrected chi connectivity index (χ2v) is 18.2. The Morgan fingerprint density at radius 2 is 0.966 bits per heavy atom. The maximum absolute atomic E-state index is 12.7. The van der Waals surface area contributed by atoms with Crippen molar-refractivity contribution in [1.82, 2.24) is 0 Å². The highest BCUT2D eigenvalue weighted by Crippen LogP contribution is 2.43. The number of carbonyl (C=O) groups is 2. The number of hydrogen-bond acceptors (Lipinski definition) is 7. The summed E-state index contributed by atoms with van der Waals surface area (Å²) in [4.78, 5) is 35.4. The first-order valence-electron chi connectivity index (χ1n) is 23.5. The predicted molar refractivity (Wildman–Crippen MR) is 247 cm³/mol. The number of nitrogens with zero attached hydrogens (tertiary/aromatic N) is 1. The minimum atomic E-state index is -4.39. The smallest absolute Gasteiger partial charge is 0.462 e. The van der Waals surface area contributed by atoms with E-state index in [1.54, 1.807) is 0 Å². The summed E-state index contributed by atoms with van der Waals surface area (Å²) in [7, 11) is 1.44. The molecule has 1 N–H and O–H groups in total. The Balaban J connectivity index is 4.39. The van der Waals surface area contributed by atoms with Crippen molar-refractivity contribution in [3.05, 3.63) is 60.8 Å². The molecule has 0 aliphatic heterocycles. The Morgan fingerprint density at radius 1 is 0.542 bits per heavy atom. The van der Waals surface area contributed by atoms with E-state index in [0.717, 1.165) is 51.4 Å². The molecule has 0 heterocycles. The third kappa shape index (κ3) is 45.1. The zero-order valence-electron chi connectivity index (χ0n) is 38.5. The van der Waals surface area contributed by atoms with Gasteiger partial charge in [-0.15, -0.1) is 0 Å². The van der Waals surface area contributed by atoms with Gasteiger partial charge in [0, 0.05) is 12.8 Å². The molecule has 0 fully saturated rings. The van der Waals surface area contributed by atoms with Crippen LogP contribution >= 0.6 is 7.82 Å². The number of hydrogen-bond donors (Lipinski definition) is 1. The van der Waals surface area contributed by atoms with Crippen molar-refractivity contribution in [1.29, 1.82) is 0 Å². The highest BCUT2D eigenvalue weighted by Gasteiger charge is 2.27. The third-order valence-electron chi connectivity index (χ3n) is 9.81. The fourth-order valence-corrected chi connectivity index (χ4v) is 6.91. The molecule has 10 heteroatoms. The molecule has 2 atom stereocenters. The van der Waals surface area contributed by atoms with E-state index in [-0.39, 0.29) is 26.1 Å². The lowest BCUT2D eigenvalue weighted by Gasteiger charge is -2.24. The lowest BCUT2D eigenvalue weighted by atomic mass is 10.0. The van der Waals surface area contributed by atoms with Crippen LogP contribution in [0.5, 0.6) is 0 Å². The van der Waals surface area contributed by atoms with E-state index in [4.69, 9.17) is 18.5 Å². The van der Waals surface area contributed by atoms with Crippen molar-refractivity contribution in [3.8, 4) is 0 Å². The number of phosphoric acid groups is 1. The summed E-state index contributed by atoms with van der Waals surface area (Å²) in [5.74, 6) is -0.864. The summed E-state index contributed by atoms with van der Waals surface area (Å²) in [6, 6.07) is 0. The van der Waals surface area contributed by atoms with E-state index >= 15 is 0 Å². The minimum absolute atomic E-state index is 0.0218. The van der Waals surface area contributed by atoms with Crippen LogP contribution in [0.4, 0.5) is 0 Å². The molecule has 0 aromatic rings. The van der Waals surface area contributed by atoms with Crippen molar-refractivity contribution in [3.63, 3.8) is 0 Å². The molecule has 1 unspecified atom stereocenters. The van der Waals surface area contributed by atoms with Crippen LogP contribution in [-0.4, -0.2) is 74.9 Å². The first-order valence-corrected chi connectivity index (χ1v) is 25.0. The number of carbonyl (C=O) groups excluding carboxylic acids is 2. The summed E-state index contributed by atoms with van der Waals surface area (Å²) in [6.07, 6.45) is 49.9. The van der Waals surface area contributed by atoms with Crippen molar-refractivity contribution in [2.45, 2.75) is 193 Å². The summed E-state index contributed by atoms with van der Waals surface area (Å²) < 4.78 is 34.3. The third-order valence-corrected chi connectivity index (χ3v) is 10.8. The van der Waals surface area contributed by atoms with E-state index < -0.39 is 32.5 Å². The van der Waals surface area contributed by atoms with Crippen LogP contribution in [0, 0.1) is 0 Å². The Kier molecular flexibility index (Phi) is 39.5. The zero-order chi connectivity index (χ0) is 43.6. The van der Waals surface area contributed by atoms with Gasteiger partial charge in [-0.25, -0.2) is 4.57 Å². The van der Waals surface area contributed by atoms with Gasteiger partial charge in [-0.2, -0.15) is 0 Å². The number of phosphoric ester groups is 1. The molecule has 0 aliphatic rings. The van der Waals surface area contributed by atoms with Crippen molar-refractivity contribution >= 4 is 19.8 Å². The topological polar surface area (TPSA) is 108 Å². The maximum atomic E-state index is 12.7. The van der Waals surface area contributed by atoms with Gasteiger partial charge in [0.1, 0.15) is 19.8 Å². The van der Waals surface area contributed by atoms with Gasteiger partial charge in [0.15, 0.2) is 6.10 Å². The van der Waals surface area contributed by atoms with Gasteiger partial charge in [0.2, 0.25) is 0 Å². The van der Waals surface area contributed by atoms with Crippen molar-refractivity contribution in [2.24, 2.45) is 0 Å². The molecule has 0 saturated carbocycles. The first-order chi connectivity index (χ1) is 28.5. The number of esters is 2. The average molecular weight is 851 g/mol. The summed E-state index contributed by atoms with van der Waals surface area (Å²) in [5.41, 5.74) is 0. The number of allylic oxidation sites excluding steroid dienone is 10. The zero-order valence-corrected chi connectivity index (χ0v) is 39.4. The van der Waals surface area contributed by atoms with Gasteiger partial charge in [-0.05, 0) is 51.4 Å². The number of ether oxygens (including phenoxy) is 2. The Labute approximate surface area is 362 Å². The SMILES string of the molecule is CC/C=C/C/C=C/C/C=C/C/C=C/C/C=C/CCCC(=O)OC[C@H](COP(=O)(O)OCC[N+](C)(C)C)OC(=O)CCCCCCCCCCCCCCCCCCCC. The second kappa shape index (κ2) is 41.1. The van der Waals surface area contributed by atoms with Crippen LogP contribution in [0.15, 0.2) is 60.8 Å². The average Bonchev–Trinajstić information content (AvgIpc) is 3.19. The number of likely N-dealkylation sites (N-methyl/N-ethyl adjacent to an activating group) is 1. The lowest BCUT2D eigenvalue weighted by Crippen LogP contribution is -2.37. The molecule has 0 rings (SSSR count). The van der Waals surface area contributed by atoms with E-state index in [2.05, 4.69) is 74.6 Å². The predicted octanol–water partition coefficient (Wildman–Crippen LogP) is 13.6. The molecule has 0 aromatic carbocycles. The highest BCUT2D eigenvalue weighted by atomic mass is 31.2. The normalized spacial score (nSPS) is 14.1. The molecule has 0 saturated heterocycles. The minimum Gasteiger partial charge on any atom is -0.462 e. The molecule has 0 amide bonds. The van der Waals surface area contributed by atoms with Crippen LogP contribution in [0.25, 0.3) is 0 Å². The van der Waals surface area contributed by atoms with Crippen LogP contribution in [0.2, 0.25) is 0 Å². The molecule has 0 aromatic heterocycles. The summed E-state index contributed by atoms with van der Waals surface area (Å²) >= 11 is 0. The van der Waals surface area contributed by atoms with Gasteiger partial charge in [0.25, 0.3) is 0 Å². The number of quaternary nitrogens is 1. The summed E-state index contributed by atoms with van der Waals surface area (Å²) in [5, 5.41) is 0. The largest absolute Gasteiger partial charge is 0.472 e. The highest BCUT2D eigenvalue weighted by molar-refractivity contribution is 7.47. The van der Waals surface area contributed by atoms with E-state index in [0.29, 0.717) is 23.9 Å². The molecular formula is C49H89NO8P+. The fraction of sp³-hybridized carbons (Fsp3) is 0.755. The first kappa shape index (κ1) is 56.7. The van der Waals surface area contributed by atoms with Gasteiger partial charge < -0.3 is 18.9 Å². The molecule has 9 nitrogen and oxygen atoms in total. The van der Waals surface area contributed by atoms with Crippen molar-refractivity contribution < 1.29 is 42.1 Å². The molecule has 342 valence electrons.